The molecule has 0 aromatic carbocycles. The molecule has 0 bridgehead atoms. The molecule has 72 valence electrons. The van der Waals surface area contributed by atoms with Crippen LogP contribution in [0.5, 0.6) is 0 Å². The van der Waals surface area contributed by atoms with Crippen LogP contribution in [0.4, 0.5) is 0 Å². The highest BCUT2D eigenvalue weighted by Crippen LogP contribution is 2.40. The molecule has 1 unspecified atom stereocenters. The molecule has 1 N–H and O–H groups in total. The van der Waals surface area contributed by atoms with E-state index in [0.717, 1.165) is 0 Å². The Morgan fingerprint density at radius 1 is 1.58 bits per heavy atom. The van der Waals surface area contributed by atoms with Crippen molar-refractivity contribution in [3.05, 3.63) is 0 Å². The molecule has 6 heteroatoms. The monoisotopic (exact) mass is 196 g/mol. The number of hydrogen-bond donors (Lipinski definition) is 1. The Morgan fingerprint density at radius 3 is 2.58 bits per heavy atom. The maximum Gasteiger partial charge on any atom is 0.331 e. The number of esters is 1. The Labute approximate surface area is 71.2 Å². The van der Waals surface area contributed by atoms with Crippen LogP contribution in [-0.2, 0) is 18.6 Å². The lowest BCUT2D eigenvalue weighted by atomic mass is 10.8. The molecule has 0 saturated heterocycles. The third-order valence-electron chi connectivity index (χ3n) is 1.01. The van der Waals surface area contributed by atoms with E-state index in [1.165, 1.54) is 6.92 Å². The van der Waals surface area contributed by atoms with Crippen LogP contribution in [0.15, 0.2) is 0 Å². The van der Waals surface area contributed by atoms with Gasteiger partial charge in [-0.25, -0.2) is 0 Å². The molecule has 0 spiro atoms. The molecule has 0 aliphatic heterocycles. The summed E-state index contributed by atoms with van der Waals surface area (Å²) >= 11 is 0. The lowest BCUT2D eigenvalue weighted by Gasteiger charge is -2.09. The second-order valence-electron chi connectivity index (χ2n) is 2.12. The fourth-order valence-electron chi connectivity index (χ4n) is 0.571. The Balaban J connectivity index is 3.61. The highest BCUT2D eigenvalue weighted by atomic mass is 31.2. The van der Waals surface area contributed by atoms with Gasteiger partial charge in [-0.15, -0.1) is 0 Å². The van der Waals surface area contributed by atoms with Gasteiger partial charge in [0, 0.05) is 6.92 Å². The van der Waals surface area contributed by atoms with Gasteiger partial charge in [0.05, 0.1) is 12.8 Å². The van der Waals surface area contributed by atoms with Crippen molar-refractivity contribution in [1.82, 2.24) is 0 Å². The zero-order valence-electron chi connectivity index (χ0n) is 7.15. The van der Waals surface area contributed by atoms with Crippen LogP contribution in [0.2, 0.25) is 0 Å². The van der Waals surface area contributed by atoms with E-state index >= 15 is 0 Å². The van der Waals surface area contributed by atoms with Gasteiger partial charge in [-0.3, -0.25) is 9.36 Å². The molecule has 5 nitrogen and oxygen atoms in total. The molecule has 0 saturated carbocycles. The van der Waals surface area contributed by atoms with Gasteiger partial charge in [-0.05, 0) is 6.92 Å². The minimum Gasteiger partial charge on any atom is -0.465 e. The second-order valence-corrected chi connectivity index (χ2v) is 4.10. The van der Waals surface area contributed by atoms with Gasteiger partial charge in [0.15, 0.2) is 0 Å². The van der Waals surface area contributed by atoms with E-state index < -0.39 is 13.6 Å². The molecule has 0 radical (unpaired) electrons. The summed E-state index contributed by atoms with van der Waals surface area (Å²) in [6.07, 6.45) is -0.152. The summed E-state index contributed by atoms with van der Waals surface area (Å²) in [7, 11) is -3.53. The van der Waals surface area contributed by atoms with E-state index in [4.69, 9.17) is 4.89 Å². The van der Waals surface area contributed by atoms with Gasteiger partial charge < -0.3 is 14.2 Å². The second kappa shape index (κ2) is 5.30. The van der Waals surface area contributed by atoms with Crippen LogP contribution in [0, 0.1) is 0 Å². The van der Waals surface area contributed by atoms with Crippen molar-refractivity contribution in [2.24, 2.45) is 0 Å². The van der Waals surface area contributed by atoms with Gasteiger partial charge in [0.2, 0.25) is 0 Å². The number of ether oxygens (including phenoxy) is 1. The van der Waals surface area contributed by atoms with E-state index in [1.54, 1.807) is 6.92 Å². The molecule has 0 rings (SSSR count). The van der Waals surface area contributed by atoms with E-state index in [2.05, 4.69) is 9.26 Å². The molecule has 0 aromatic heterocycles. The average molecular weight is 196 g/mol. The Hall–Kier alpha value is -0.380. The highest BCUT2D eigenvalue weighted by Gasteiger charge is 2.18. The van der Waals surface area contributed by atoms with Crippen molar-refractivity contribution in [2.45, 2.75) is 13.8 Å². The summed E-state index contributed by atoms with van der Waals surface area (Å²) < 4.78 is 19.9. The van der Waals surface area contributed by atoms with Crippen molar-refractivity contribution >= 4 is 13.6 Å². The first-order valence-electron chi connectivity index (χ1n) is 3.57. The van der Waals surface area contributed by atoms with Crippen molar-refractivity contribution in [2.75, 3.05) is 19.4 Å². The zero-order chi connectivity index (χ0) is 9.61. The van der Waals surface area contributed by atoms with Crippen LogP contribution < -0.4 is 0 Å². The van der Waals surface area contributed by atoms with E-state index in [0.29, 0.717) is 0 Å². The molecule has 1 atom stereocenters. The standard InChI is InChI=1S/C6H13O5P/c1-3-11-12(8,9)5-4-10-6(2)7/h3-5H2,1-2H3,(H,8,9). The van der Waals surface area contributed by atoms with Crippen LogP contribution in [0.25, 0.3) is 0 Å². The van der Waals surface area contributed by atoms with Crippen molar-refractivity contribution in [1.29, 1.82) is 0 Å². The Kier molecular flexibility index (Phi) is 5.13. The molecule has 0 heterocycles. The summed E-state index contributed by atoms with van der Waals surface area (Å²) in [5, 5.41) is 0. The minimum atomic E-state index is -3.53. The third-order valence-corrected chi connectivity index (χ3v) is 2.42. The largest absolute Gasteiger partial charge is 0.465 e. The normalized spacial score (nSPS) is 15.2. The molecular weight excluding hydrogens is 183 g/mol. The summed E-state index contributed by atoms with van der Waals surface area (Å²) in [6.45, 7) is 2.95. The summed E-state index contributed by atoms with van der Waals surface area (Å²) in [5.74, 6) is -0.466. The SMILES string of the molecule is CCOP(=O)(O)CCOC(C)=O. The van der Waals surface area contributed by atoms with Gasteiger partial charge in [-0.2, -0.15) is 0 Å². The number of hydrogen-bond acceptors (Lipinski definition) is 4. The van der Waals surface area contributed by atoms with E-state index in [-0.39, 0.29) is 19.4 Å². The van der Waals surface area contributed by atoms with Gasteiger partial charge >= 0.3 is 13.6 Å². The predicted molar refractivity (Wildman–Crippen MR) is 43.0 cm³/mol. The summed E-state index contributed by atoms with van der Waals surface area (Å²) in [6, 6.07) is 0. The van der Waals surface area contributed by atoms with E-state index in [9.17, 15) is 9.36 Å². The van der Waals surface area contributed by atoms with Gasteiger partial charge in [-0.1, -0.05) is 0 Å². The highest BCUT2D eigenvalue weighted by molar-refractivity contribution is 7.52. The van der Waals surface area contributed by atoms with Crippen LogP contribution in [0.3, 0.4) is 0 Å². The molecular formula is C6H13O5P. The number of rotatable bonds is 5. The summed E-state index contributed by atoms with van der Waals surface area (Å²) in [5.41, 5.74) is 0. The molecule has 12 heavy (non-hydrogen) atoms. The van der Waals surface area contributed by atoms with Gasteiger partial charge in [0.25, 0.3) is 0 Å². The van der Waals surface area contributed by atoms with E-state index in [1.807, 2.05) is 0 Å². The number of carbonyl (C=O) groups is 1. The molecule has 0 aliphatic rings. The number of carbonyl (C=O) groups excluding carboxylic acids is 1. The minimum absolute atomic E-state index is 0.0802. The average Bonchev–Trinajstić information content (AvgIpc) is 1.85. The lowest BCUT2D eigenvalue weighted by Crippen LogP contribution is -2.06. The van der Waals surface area contributed by atoms with Crippen molar-refractivity contribution in [3.8, 4) is 0 Å². The summed E-state index contributed by atoms with van der Waals surface area (Å²) in [4.78, 5) is 19.2. The Morgan fingerprint density at radius 2 is 2.17 bits per heavy atom. The zero-order valence-corrected chi connectivity index (χ0v) is 8.04. The molecule has 0 fully saturated rings. The predicted octanol–water partition coefficient (Wildman–Crippen LogP) is 0.771. The smallest absolute Gasteiger partial charge is 0.331 e. The maximum atomic E-state index is 10.9. The molecule has 0 aromatic rings. The van der Waals surface area contributed by atoms with Gasteiger partial charge in [0.1, 0.15) is 6.61 Å². The first-order chi connectivity index (χ1) is 5.48. The maximum absolute atomic E-state index is 10.9. The Bertz CT molecular complexity index is 190. The lowest BCUT2D eigenvalue weighted by molar-refractivity contribution is -0.140. The fraction of sp³-hybridized carbons (Fsp3) is 0.833. The van der Waals surface area contributed by atoms with Crippen molar-refractivity contribution < 1.29 is 23.5 Å². The van der Waals surface area contributed by atoms with Crippen LogP contribution >= 0.6 is 7.60 Å². The van der Waals surface area contributed by atoms with Crippen LogP contribution in [-0.4, -0.2) is 30.2 Å². The first-order valence-corrected chi connectivity index (χ1v) is 5.34. The van der Waals surface area contributed by atoms with Crippen LogP contribution in [0.1, 0.15) is 13.8 Å². The third kappa shape index (κ3) is 6.34. The molecule has 0 aliphatic carbocycles. The quantitative estimate of drug-likeness (QED) is 0.519. The first kappa shape index (κ1) is 11.6. The molecule has 0 amide bonds. The van der Waals surface area contributed by atoms with Crippen molar-refractivity contribution in [3.63, 3.8) is 0 Å². The fourth-order valence-corrected chi connectivity index (χ4v) is 1.43. The topological polar surface area (TPSA) is 72.8 Å².